The van der Waals surface area contributed by atoms with Crippen LogP contribution in [0.1, 0.15) is 5.56 Å². The Morgan fingerprint density at radius 1 is 1.21 bits per heavy atom. The minimum atomic E-state index is -0.246. The lowest BCUT2D eigenvalue weighted by atomic mass is 10.1. The van der Waals surface area contributed by atoms with Gasteiger partial charge in [-0.3, -0.25) is 0 Å². The van der Waals surface area contributed by atoms with Crippen molar-refractivity contribution >= 4 is 5.69 Å². The van der Waals surface area contributed by atoms with Crippen molar-refractivity contribution in [2.45, 2.75) is 6.54 Å². The summed E-state index contributed by atoms with van der Waals surface area (Å²) in [5.74, 6) is 1.28. The zero-order valence-electron chi connectivity index (χ0n) is 10.6. The van der Waals surface area contributed by atoms with Gasteiger partial charge in [0.2, 0.25) is 0 Å². The predicted molar refractivity (Wildman–Crippen MR) is 71.1 cm³/mol. The summed E-state index contributed by atoms with van der Waals surface area (Å²) in [4.78, 5) is 2.01. The van der Waals surface area contributed by atoms with Gasteiger partial charge >= 0.3 is 0 Å². The van der Waals surface area contributed by atoms with E-state index < -0.39 is 0 Å². The average Bonchev–Trinajstić information content (AvgIpc) is 2.46. The first-order valence-corrected chi connectivity index (χ1v) is 6.07. The maximum Gasteiger partial charge on any atom is 0.161 e. The number of anilines is 1. The highest BCUT2D eigenvalue weighted by Gasteiger charge is 2.20. The van der Waals surface area contributed by atoms with Crippen LogP contribution in [0.5, 0.6) is 11.5 Å². The quantitative estimate of drug-likeness (QED) is 0.826. The molecular formula is C15H14FNO2. The van der Waals surface area contributed by atoms with Crippen LogP contribution in [0.3, 0.4) is 0 Å². The Labute approximate surface area is 111 Å². The molecule has 0 N–H and O–H groups in total. The van der Waals surface area contributed by atoms with Gasteiger partial charge in [0.25, 0.3) is 0 Å². The number of methoxy groups -OCH3 is 1. The third-order valence-electron chi connectivity index (χ3n) is 3.19. The number of nitrogens with zero attached hydrogens (tertiary/aromatic N) is 1. The molecule has 0 saturated carbocycles. The number of halogens is 1. The summed E-state index contributed by atoms with van der Waals surface area (Å²) < 4.78 is 24.3. The number of rotatable bonds is 2. The lowest BCUT2D eigenvalue weighted by Gasteiger charge is -2.31. The Hall–Kier alpha value is -2.23. The molecule has 0 aromatic heterocycles. The third-order valence-corrected chi connectivity index (χ3v) is 3.19. The third kappa shape index (κ3) is 2.21. The van der Waals surface area contributed by atoms with Crippen LogP contribution >= 0.6 is 0 Å². The molecule has 0 fully saturated rings. The molecule has 0 amide bonds. The molecule has 0 bridgehead atoms. The molecule has 0 saturated heterocycles. The topological polar surface area (TPSA) is 21.7 Å². The minimum Gasteiger partial charge on any atom is -0.495 e. The number of benzene rings is 2. The first kappa shape index (κ1) is 11.8. The van der Waals surface area contributed by atoms with Crippen molar-refractivity contribution in [2.24, 2.45) is 0 Å². The highest BCUT2D eigenvalue weighted by molar-refractivity contribution is 5.59. The first-order valence-electron chi connectivity index (χ1n) is 6.07. The summed E-state index contributed by atoms with van der Waals surface area (Å²) in [6.45, 7) is 1.03. The van der Waals surface area contributed by atoms with E-state index in [1.165, 1.54) is 12.1 Å². The standard InChI is InChI=1S/C15H14FNO2/c1-18-15-5-3-2-4-13(15)17-9-11-8-12(16)6-7-14(11)19-10-17/h2-8H,9-10H2,1H3. The highest BCUT2D eigenvalue weighted by atomic mass is 19.1. The van der Waals surface area contributed by atoms with E-state index >= 15 is 0 Å². The molecular weight excluding hydrogens is 245 g/mol. The van der Waals surface area contributed by atoms with Gasteiger partial charge in [-0.25, -0.2) is 4.39 Å². The molecule has 0 radical (unpaired) electrons. The summed E-state index contributed by atoms with van der Waals surface area (Å²) in [5.41, 5.74) is 1.79. The van der Waals surface area contributed by atoms with Crippen molar-refractivity contribution in [2.75, 3.05) is 18.7 Å². The molecule has 1 aliphatic rings. The zero-order chi connectivity index (χ0) is 13.2. The normalized spacial score (nSPS) is 13.7. The molecule has 4 heteroatoms. The van der Waals surface area contributed by atoms with Gasteiger partial charge in [0.1, 0.15) is 17.3 Å². The summed E-state index contributed by atoms with van der Waals surface area (Å²) in [6, 6.07) is 12.3. The van der Waals surface area contributed by atoms with Crippen molar-refractivity contribution in [1.29, 1.82) is 0 Å². The Kier molecular flexibility index (Phi) is 2.99. The highest BCUT2D eigenvalue weighted by Crippen LogP contribution is 2.33. The van der Waals surface area contributed by atoms with Gasteiger partial charge < -0.3 is 14.4 Å². The molecule has 0 atom stereocenters. The monoisotopic (exact) mass is 259 g/mol. The van der Waals surface area contributed by atoms with Crippen LogP contribution in [0, 0.1) is 5.82 Å². The second-order valence-corrected chi connectivity index (χ2v) is 4.40. The van der Waals surface area contributed by atoms with Crippen LogP contribution in [-0.4, -0.2) is 13.8 Å². The molecule has 2 aromatic carbocycles. The fourth-order valence-corrected chi connectivity index (χ4v) is 2.26. The van der Waals surface area contributed by atoms with Crippen LogP contribution in [0.4, 0.5) is 10.1 Å². The van der Waals surface area contributed by atoms with Crippen LogP contribution < -0.4 is 14.4 Å². The van der Waals surface area contributed by atoms with Crippen LogP contribution in [0.15, 0.2) is 42.5 Å². The molecule has 0 aliphatic carbocycles. The van der Waals surface area contributed by atoms with Gasteiger partial charge in [0, 0.05) is 5.56 Å². The molecule has 3 rings (SSSR count). The van der Waals surface area contributed by atoms with Gasteiger partial charge in [-0.05, 0) is 30.3 Å². The number of para-hydroxylation sites is 2. The van der Waals surface area contributed by atoms with E-state index in [9.17, 15) is 4.39 Å². The summed E-state index contributed by atoms with van der Waals surface area (Å²) >= 11 is 0. The fourth-order valence-electron chi connectivity index (χ4n) is 2.26. The summed E-state index contributed by atoms with van der Waals surface area (Å²) in [7, 11) is 1.64. The van der Waals surface area contributed by atoms with Crippen LogP contribution in [0.25, 0.3) is 0 Å². The number of ether oxygens (including phenoxy) is 2. The van der Waals surface area contributed by atoms with Crippen molar-refractivity contribution in [3.05, 3.63) is 53.8 Å². The molecule has 3 nitrogen and oxygen atoms in total. The smallest absolute Gasteiger partial charge is 0.161 e. The number of hydrogen-bond donors (Lipinski definition) is 0. The van der Waals surface area contributed by atoms with E-state index in [1.54, 1.807) is 13.2 Å². The maximum absolute atomic E-state index is 13.3. The largest absolute Gasteiger partial charge is 0.495 e. The van der Waals surface area contributed by atoms with E-state index in [0.29, 0.717) is 13.3 Å². The Morgan fingerprint density at radius 2 is 2.05 bits per heavy atom. The Bertz CT molecular complexity index is 600. The predicted octanol–water partition coefficient (Wildman–Crippen LogP) is 3.19. The second-order valence-electron chi connectivity index (χ2n) is 4.40. The molecule has 0 unspecified atom stereocenters. The van der Waals surface area contributed by atoms with Crippen molar-refractivity contribution in [3.8, 4) is 11.5 Å². The van der Waals surface area contributed by atoms with Crippen LogP contribution in [-0.2, 0) is 6.54 Å². The maximum atomic E-state index is 13.3. The second kappa shape index (κ2) is 4.80. The van der Waals surface area contributed by atoms with E-state index in [-0.39, 0.29) is 5.82 Å². The van der Waals surface area contributed by atoms with Crippen molar-refractivity contribution in [3.63, 3.8) is 0 Å². The average molecular weight is 259 g/mol. The lowest BCUT2D eigenvalue weighted by molar-refractivity contribution is 0.286. The van der Waals surface area contributed by atoms with E-state index in [4.69, 9.17) is 9.47 Å². The first-order chi connectivity index (χ1) is 9.28. The Morgan fingerprint density at radius 3 is 2.89 bits per heavy atom. The van der Waals surface area contributed by atoms with E-state index in [1.807, 2.05) is 29.2 Å². The van der Waals surface area contributed by atoms with Gasteiger partial charge in [-0.2, -0.15) is 0 Å². The SMILES string of the molecule is COc1ccccc1N1COc2ccc(F)cc2C1. The fraction of sp³-hybridized carbons (Fsp3) is 0.200. The molecule has 19 heavy (non-hydrogen) atoms. The number of hydrogen-bond acceptors (Lipinski definition) is 3. The van der Waals surface area contributed by atoms with Gasteiger partial charge in [-0.15, -0.1) is 0 Å². The molecule has 1 heterocycles. The molecule has 2 aromatic rings. The summed E-state index contributed by atoms with van der Waals surface area (Å²) in [6.07, 6.45) is 0. The number of fused-ring (bicyclic) bond motifs is 1. The summed E-state index contributed by atoms with van der Waals surface area (Å²) in [5, 5.41) is 0. The van der Waals surface area contributed by atoms with Crippen LogP contribution in [0.2, 0.25) is 0 Å². The van der Waals surface area contributed by atoms with Gasteiger partial charge in [0.05, 0.1) is 19.3 Å². The van der Waals surface area contributed by atoms with Gasteiger partial charge in [0.15, 0.2) is 6.73 Å². The lowest BCUT2D eigenvalue weighted by Crippen LogP contribution is -2.32. The molecule has 0 spiro atoms. The Balaban J connectivity index is 1.93. The van der Waals surface area contributed by atoms with Crippen molar-refractivity contribution in [1.82, 2.24) is 0 Å². The van der Waals surface area contributed by atoms with Gasteiger partial charge in [-0.1, -0.05) is 12.1 Å². The van der Waals surface area contributed by atoms with Crippen molar-refractivity contribution < 1.29 is 13.9 Å². The van der Waals surface area contributed by atoms with E-state index in [2.05, 4.69) is 0 Å². The molecule has 98 valence electrons. The minimum absolute atomic E-state index is 0.246. The van der Waals surface area contributed by atoms with E-state index in [0.717, 1.165) is 22.7 Å². The zero-order valence-corrected chi connectivity index (χ0v) is 10.6. The molecule has 1 aliphatic heterocycles.